The second kappa shape index (κ2) is 58.1. The van der Waals surface area contributed by atoms with Crippen LogP contribution in [0.3, 0.4) is 0 Å². The second-order valence-corrected chi connectivity index (χ2v) is 36.5. The van der Waals surface area contributed by atoms with Crippen LogP contribution >= 0.6 is 0 Å². The highest BCUT2D eigenvalue weighted by molar-refractivity contribution is 5.66. The molecule has 13 aromatic carbocycles. The quantitative estimate of drug-likeness (QED) is 0.114. The van der Waals surface area contributed by atoms with Crippen molar-refractivity contribution in [2.75, 3.05) is 0 Å². The van der Waals surface area contributed by atoms with Gasteiger partial charge in [-0.15, -0.1) is 0 Å². The fourth-order valence-corrected chi connectivity index (χ4v) is 19.6. The van der Waals surface area contributed by atoms with E-state index in [1.54, 1.807) is 85.9 Å². The summed E-state index contributed by atoms with van der Waals surface area (Å²) in [5.41, 5.74) is 15.9. The van der Waals surface area contributed by atoms with Gasteiger partial charge in [-0.05, 0) is 204 Å². The lowest BCUT2D eigenvalue weighted by atomic mass is 9.70. The van der Waals surface area contributed by atoms with Gasteiger partial charge in [0.25, 0.3) is 0 Å². The summed E-state index contributed by atoms with van der Waals surface area (Å²) in [5, 5.41) is 0. The van der Waals surface area contributed by atoms with E-state index in [4.69, 9.17) is 0 Å². The zero-order valence-corrected chi connectivity index (χ0v) is 78.7. The molecule has 0 saturated heterocycles. The largest absolute Gasteiger partial charge is 0.237 e. The minimum absolute atomic E-state index is 0. The number of nitrogens with zero attached hydrogens (tertiary/aromatic N) is 4. The van der Waals surface area contributed by atoms with E-state index in [9.17, 15) is 8.78 Å². The van der Waals surface area contributed by atoms with Crippen LogP contribution in [0.1, 0.15) is 252 Å². The van der Waals surface area contributed by atoms with Crippen LogP contribution in [0.5, 0.6) is 0 Å². The van der Waals surface area contributed by atoms with Gasteiger partial charge in [0.2, 0.25) is 0 Å². The monoisotopic (exact) mass is 1780 g/mol. The van der Waals surface area contributed by atoms with Gasteiger partial charge >= 0.3 is 0 Å². The lowest BCUT2D eigenvalue weighted by Gasteiger charge is -2.36. The second-order valence-electron chi connectivity index (χ2n) is 36.5. The van der Waals surface area contributed by atoms with Gasteiger partial charge < -0.3 is 0 Å². The molecule has 0 bridgehead atoms. The van der Waals surface area contributed by atoms with Crippen LogP contribution in [0.15, 0.2) is 407 Å². The van der Waals surface area contributed by atoms with E-state index in [2.05, 4.69) is 183 Å². The SMILES string of the molecule is C(#Cc1ccccc1)c1ccccc1.C1CCC(C2CCCCC2)CC1.Fc1cc(-c2ccccc2)ccc1C#Cc1ccccc1.Fc1ccccc1-c1ncc(-c2ccccc2)cn1.[HH].[HH].[HH].[HH].[HH].[HH].c1ccc(-c2ccccc2)cc1.c1ccc(-c2ncccn2)cc1.c1ccc(C2CCC(C3CCCCC3)CC2)cc1.c1ccc(C2CCCCC2)cc1.c1ccc(CCC2CCCCC2)cc1. The highest BCUT2D eigenvalue weighted by Crippen LogP contribution is 2.44. The molecule has 0 spiro atoms. The predicted molar refractivity (Wildman–Crippen MR) is 572 cm³/mol. The first kappa shape index (κ1) is 98.5. The van der Waals surface area contributed by atoms with Crippen LogP contribution in [0.2, 0.25) is 0 Å². The number of rotatable bonds is 12. The molecule has 134 heavy (non-hydrogen) atoms. The van der Waals surface area contributed by atoms with Crippen LogP contribution in [0.4, 0.5) is 8.78 Å². The van der Waals surface area contributed by atoms with Crippen molar-refractivity contribution in [3.8, 4) is 79.8 Å². The molecular weight excluding hydrogens is 1630 g/mol. The maximum Gasteiger partial charge on any atom is 0.162 e. The molecule has 0 atom stereocenters. The minimum Gasteiger partial charge on any atom is -0.237 e. The Hall–Kier alpha value is -13.0. The Balaban J connectivity index is 0.000000214. The molecule has 0 unspecified atom stereocenters. The maximum atomic E-state index is 14.1. The van der Waals surface area contributed by atoms with Crippen LogP contribution < -0.4 is 0 Å². The normalized spacial score (nSPS) is 16.0. The third kappa shape index (κ3) is 34.9. The molecule has 694 valence electrons. The number of hydrogen-bond acceptors (Lipinski definition) is 4. The number of hydrogen-bond donors (Lipinski definition) is 0. The maximum absolute atomic E-state index is 14.1. The van der Waals surface area contributed by atoms with Crippen molar-refractivity contribution in [1.29, 1.82) is 0 Å². The van der Waals surface area contributed by atoms with Crippen LogP contribution in [0.25, 0.3) is 56.2 Å². The summed E-state index contributed by atoms with van der Waals surface area (Å²) in [7, 11) is 0. The first-order valence-corrected chi connectivity index (χ1v) is 50.1. The van der Waals surface area contributed by atoms with E-state index in [1.165, 1.54) is 202 Å². The third-order valence-corrected chi connectivity index (χ3v) is 27.1. The van der Waals surface area contributed by atoms with Gasteiger partial charge in [-0.25, -0.2) is 28.7 Å². The minimum atomic E-state index is -0.310. The molecule has 6 saturated carbocycles. The summed E-state index contributed by atoms with van der Waals surface area (Å²) >= 11 is 0. The van der Waals surface area contributed by atoms with Crippen molar-refractivity contribution >= 4 is 0 Å². The summed E-state index contributed by atoms with van der Waals surface area (Å²) in [6.45, 7) is 0. The summed E-state index contributed by atoms with van der Waals surface area (Å²) in [6.07, 6.45) is 52.9. The Bertz CT molecular complexity index is 5570. The molecule has 0 amide bonds. The zero-order valence-electron chi connectivity index (χ0n) is 78.7. The molecule has 4 nitrogen and oxygen atoms in total. The van der Waals surface area contributed by atoms with Crippen molar-refractivity contribution in [3.63, 3.8) is 0 Å². The smallest absolute Gasteiger partial charge is 0.162 e. The number of aromatic nitrogens is 4. The summed E-state index contributed by atoms with van der Waals surface area (Å²) in [5.74, 6) is 19.8. The van der Waals surface area contributed by atoms with Gasteiger partial charge in [0.1, 0.15) is 11.6 Å². The van der Waals surface area contributed by atoms with Crippen LogP contribution in [-0.2, 0) is 6.42 Å². The first-order valence-electron chi connectivity index (χ1n) is 50.1. The third-order valence-electron chi connectivity index (χ3n) is 27.1. The number of benzene rings is 13. The van der Waals surface area contributed by atoms with E-state index >= 15 is 0 Å². The number of aryl methyl sites for hydroxylation is 1. The Morgan fingerprint density at radius 1 is 0.239 bits per heavy atom. The van der Waals surface area contributed by atoms with Gasteiger partial charge in [0.15, 0.2) is 11.6 Å². The molecule has 0 radical (unpaired) electrons. The van der Waals surface area contributed by atoms with Gasteiger partial charge in [-0.3, -0.25) is 0 Å². The Labute approximate surface area is 810 Å². The van der Waals surface area contributed by atoms with Crippen molar-refractivity contribution in [3.05, 3.63) is 458 Å². The van der Waals surface area contributed by atoms with Gasteiger partial charge in [-0.1, -0.05) is 487 Å². The van der Waals surface area contributed by atoms with E-state index in [0.29, 0.717) is 17.0 Å². The standard InChI is InChI=1S/C20H13F.C18H26.C16H11FN2.C14H20.C14H10.C12H22.C12H16.C12H10.C10H8N2.6H2/c21-20-15-19(17-9-5-2-6-10-17)14-13-18(20)12-11-16-7-3-1-4-8-16;1-3-7-15(8-4-1)17-11-13-18(14-12-17)16-9-5-2-6-10-16;17-15-9-5-4-8-14(15)16-18-10-13(11-19-16)12-6-2-1-3-7-12;2*1-3-7-13(8-4-1)11-12-14-9-5-2-6-10-14;3*1-3-7-11(8-4-1)12-9-5-2-6-10-12;1-2-5-9(6-3-1)10-11-7-4-8-12-10;;;;;;/h1-10,13-15H;1,3-4,7-8,16-18H,2,5-6,9-14H2;1-11H;1,3-4,7-8,14H,2,5-6,9-12H2;1-10H;11-12H,1-10H2;1,3-4,7-8,12H,2,5-6,9-10H2;1-10H;1-8H;6*1H. The predicted octanol–water partition coefficient (Wildman–Crippen LogP) is 36.5. The molecule has 2 heterocycles. The van der Waals surface area contributed by atoms with Crippen LogP contribution in [-0.4, -0.2) is 19.9 Å². The van der Waals surface area contributed by atoms with Crippen molar-refractivity contribution in [2.45, 2.75) is 211 Å². The summed E-state index contributed by atoms with van der Waals surface area (Å²) in [4.78, 5) is 16.7. The van der Waals surface area contributed by atoms with E-state index < -0.39 is 0 Å². The lowest BCUT2D eigenvalue weighted by molar-refractivity contribution is 0.186. The summed E-state index contributed by atoms with van der Waals surface area (Å²) < 4.78 is 27.8. The zero-order chi connectivity index (χ0) is 92.0. The molecule has 0 N–H and O–H groups in total. The molecule has 6 heteroatoms. The molecule has 15 aromatic rings. The topological polar surface area (TPSA) is 51.6 Å². The molecule has 6 fully saturated rings. The van der Waals surface area contributed by atoms with Gasteiger partial charge in [0.05, 0.1) is 11.1 Å². The van der Waals surface area contributed by atoms with Gasteiger partial charge in [0, 0.05) is 61.2 Å². The van der Waals surface area contributed by atoms with Crippen molar-refractivity contribution in [2.24, 2.45) is 29.6 Å². The van der Waals surface area contributed by atoms with Crippen molar-refractivity contribution in [1.82, 2.24) is 19.9 Å². The fourth-order valence-electron chi connectivity index (χ4n) is 19.6. The molecule has 6 aliphatic carbocycles. The Kier molecular flexibility index (Phi) is 42.7. The van der Waals surface area contributed by atoms with E-state index in [1.807, 2.05) is 206 Å². The Morgan fingerprint density at radius 3 is 0.963 bits per heavy atom. The van der Waals surface area contributed by atoms with E-state index in [0.717, 1.165) is 91.8 Å². The molecule has 0 aliphatic heterocycles. The average molecular weight is 1780 g/mol. The average Bonchev–Trinajstić information content (AvgIpc) is 0.840. The van der Waals surface area contributed by atoms with Crippen LogP contribution in [0, 0.1) is 64.9 Å². The fraction of sp³-hybridized carbons (Fsp3) is 0.297. The lowest BCUT2D eigenvalue weighted by Crippen LogP contribution is -2.22. The van der Waals surface area contributed by atoms with Crippen molar-refractivity contribution < 1.29 is 17.3 Å². The molecular formula is C128H148F2N4. The Morgan fingerprint density at radius 2 is 0.560 bits per heavy atom. The van der Waals surface area contributed by atoms with E-state index in [-0.39, 0.29) is 20.2 Å². The molecule has 2 aromatic heterocycles. The van der Waals surface area contributed by atoms with Gasteiger partial charge in [-0.2, -0.15) is 0 Å². The molecule has 6 aliphatic rings. The summed E-state index contributed by atoms with van der Waals surface area (Å²) in [6, 6.07) is 126. The molecule has 21 rings (SSSR count). The highest BCUT2D eigenvalue weighted by atomic mass is 19.1. The highest BCUT2D eigenvalue weighted by Gasteiger charge is 2.30. The first-order chi connectivity index (χ1) is 66.4. The number of halogens is 2.